The van der Waals surface area contributed by atoms with Gasteiger partial charge < -0.3 is 20.1 Å². The van der Waals surface area contributed by atoms with Gasteiger partial charge in [0.2, 0.25) is 0 Å². The number of anilines is 2. The fourth-order valence-electron chi connectivity index (χ4n) is 3.44. The molecule has 2 N–H and O–H groups in total. The summed E-state index contributed by atoms with van der Waals surface area (Å²) < 4.78 is 7.02. The van der Waals surface area contributed by atoms with Gasteiger partial charge in [0.05, 0.1) is 37.7 Å². The minimum atomic E-state index is 0.142. The third-order valence-electron chi connectivity index (χ3n) is 4.97. The summed E-state index contributed by atoms with van der Waals surface area (Å²) in [7, 11) is 1.65. The van der Waals surface area contributed by atoms with Gasteiger partial charge in [0.15, 0.2) is 0 Å². The Morgan fingerprint density at radius 2 is 2.07 bits per heavy atom. The van der Waals surface area contributed by atoms with Crippen molar-refractivity contribution in [3.63, 3.8) is 0 Å². The second kappa shape index (κ2) is 8.26. The Morgan fingerprint density at radius 3 is 2.86 bits per heavy atom. The highest BCUT2D eigenvalue weighted by Crippen LogP contribution is 2.24. The van der Waals surface area contributed by atoms with E-state index in [4.69, 9.17) is 4.74 Å². The second-order valence-corrected chi connectivity index (χ2v) is 6.74. The molecule has 146 valence electrons. The SMILES string of the molecule is COc1ccc(-n2ccc(CNc3cc(N4CCCC4CO)ncn3)n2)cc1. The van der Waals surface area contributed by atoms with Gasteiger partial charge in [-0.1, -0.05) is 0 Å². The average molecular weight is 380 g/mol. The summed E-state index contributed by atoms with van der Waals surface area (Å²) >= 11 is 0. The van der Waals surface area contributed by atoms with E-state index in [-0.39, 0.29) is 12.6 Å². The Morgan fingerprint density at radius 1 is 1.21 bits per heavy atom. The second-order valence-electron chi connectivity index (χ2n) is 6.74. The van der Waals surface area contributed by atoms with E-state index in [1.807, 2.05) is 47.3 Å². The van der Waals surface area contributed by atoms with Crippen LogP contribution in [0.4, 0.5) is 11.6 Å². The molecule has 4 rings (SSSR count). The first kappa shape index (κ1) is 18.2. The topological polar surface area (TPSA) is 88.3 Å². The van der Waals surface area contributed by atoms with Crippen LogP contribution in [0.1, 0.15) is 18.5 Å². The molecular weight excluding hydrogens is 356 g/mol. The van der Waals surface area contributed by atoms with E-state index in [0.29, 0.717) is 6.54 Å². The van der Waals surface area contributed by atoms with Crippen LogP contribution in [0.2, 0.25) is 0 Å². The molecular formula is C20H24N6O2. The minimum absolute atomic E-state index is 0.142. The maximum absolute atomic E-state index is 9.53. The van der Waals surface area contributed by atoms with Crippen LogP contribution >= 0.6 is 0 Å². The van der Waals surface area contributed by atoms with Gasteiger partial charge in [0, 0.05) is 18.8 Å². The number of ether oxygens (including phenoxy) is 1. The Hall–Kier alpha value is -3.13. The number of hydrogen-bond acceptors (Lipinski definition) is 7. The molecule has 1 aromatic carbocycles. The van der Waals surface area contributed by atoms with Crippen LogP contribution in [0.15, 0.2) is 48.9 Å². The van der Waals surface area contributed by atoms with Crippen molar-refractivity contribution in [3.05, 3.63) is 54.6 Å². The smallest absolute Gasteiger partial charge is 0.134 e. The highest BCUT2D eigenvalue weighted by atomic mass is 16.5. The first-order valence-corrected chi connectivity index (χ1v) is 9.39. The molecule has 0 spiro atoms. The quantitative estimate of drug-likeness (QED) is 0.650. The van der Waals surface area contributed by atoms with Gasteiger partial charge in [-0.3, -0.25) is 0 Å². The number of rotatable bonds is 7. The Balaban J connectivity index is 1.41. The fourth-order valence-corrected chi connectivity index (χ4v) is 3.44. The lowest BCUT2D eigenvalue weighted by molar-refractivity contribution is 0.266. The first-order chi connectivity index (χ1) is 13.8. The molecule has 1 aliphatic rings. The third-order valence-corrected chi connectivity index (χ3v) is 4.97. The van der Waals surface area contributed by atoms with Gasteiger partial charge in [-0.2, -0.15) is 5.10 Å². The van der Waals surface area contributed by atoms with Crippen molar-refractivity contribution in [2.24, 2.45) is 0 Å². The first-order valence-electron chi connectivity index (χ1n) is 9.39. The number of benzene rings is 1. The standard InChI is InChI=1S/C20H24N6O2/c1-28-18-6-4-16(5-7-18)26-10-8-15(24-26)12-21-19-11-20(23-14-22-19)25-9-2-3-17(25)13-27/h4-8,10-11,14,17,27H,2-3,9,12-13H2,1H3,(H,21,22,23). The zero-order chi connectivity index (χ0) is 19.3. The number of aliphatic hydroxyl groups excluding tert-OH is 1. The Bertz CT molecular complexity index is 911. The Labute approximate surface area is 163 Å². The third kappa shape index (κ3) is 3.91. The summed E-state index contributed by atoms with van der Waals surface area (Å²) in [4.78, 5) is 10.8. The highest BCUT2D eigenvalue weighted by molar-refractivity contribution is 5.50. The van der Waals surface area contributed by atoms with Crippen molar-refractivity contribution < 1.29 is 9.84 Å². The molecule has 0 saturated carbocycles. The highest BCUT2D eigenvalue weighted by Gasteiger charge is 2.25. The molecule has 3 heterocycles. The van der Waals surface area contributed by atoms with Crippen LogP contribution in [-0.2, 0) is 6.54 Å². The summed E-state index contributed by atoms with van der Waals surface area (Å²) in [5, 5.41) is 17.4. The van der Waals surface area contributed by atoms with Gasteiger partial charge >= 0.3 is 0 Å². The number of nitrogens with one attached hydrogen (secondary N) is 1. The predicted octanol–water partition coefficient (Wildman–Crippen LogP) is 2.24. The lowest BCUT2D eigenvalue weighted by Gasteiger charge is -2.24. The van der Waals surface area contributed by atoms with Crippen molar-refractivity contribution in [2.45, 2.75) is 25.4 Å². The van der Waals surface area contributed by atoms with Crippen molar-refractivity contribution in [2.75, 3.05) is 30.5 Å². The van der Waals surface area contributed by atoms with Gasteiger partial charge in [0.25, 0.3) is 0 Å². The van der Waals surface area contributed by atoms with Crippen LogP contribution < -0.4 is 15.0 Å². The summed E-state index contributed by atoms with van der Waals surface area (Å²) in [5.74, 6) is 2.41. The normalized spacial score (nSPS) is 16.4. The number of aliphatic hydroxyl groups is 1. The van der Waals surface area contributed by atoms with Gasteiger partial charge in [-0.25, -0.2) is 14.6 Å². The molecule has 28 heavy (non-hydrogen) atoms. The molecule has 0 amide bonds. The van der Waals surface area contributed by atoms with Gasteiger partial charge in [-0.15, -0.1) is 0 Å². The number of hydrogen-bond donors (Lipinski definition) is 2. The molecule has 8 nitrogen and oxygen atoms in total. The lowest BCUT2D eigenvalue weighted by Crippen LogP contribution is -2.32. The molecule has 8 heteroatoms. The van der Waals surface area contributed by atoms with E-state index < -0.39 is 0 Å². The molecule has 1 atom stereocenters. The fraction of sp³-hybridized carbons (Fsp3) is 0.350. The molecule has 0 radical (unpaired) electrons. The van der Waals surface area contributed by atoms with Crippen LogP contribution in [0.3, 0.4) is 0 Å². The zero-order valence-corrected chi connectivity index (χ0v) is 15.8. The predicted molar refractivity (Wildman–Crippen MR) is 107 cm³/mol. The van der Waals surface area contributed by atoms with E-state index in [0.717, 1.165) is 48.2 Å². The van der Waals surface area contributed by atoms with E-state index in [1.165, 1.54) is 0 Å². The number of aromatic nitrogens is 4. The summed E-state index contributed by atoms with van der Waals surface area (Å²) in [5.41, 5.74) is 1.88. The molecule has 0 bridgehead atoms. The van der Waals surface area contributed by atoms with Crippen LogP contribution in [0.25, 0.3) is 5.69 Å². The monoisotopic (exact) mass is 380 g/mol. The molecule has 1 unspecified atom stereocenters. The summed E-state index contributed by atoms with van der Waals surface area (Å²) in [6.45, 7) is 1.62. The molecule has 1 saturated heterocycles. The molecule has 2 aromatic heterocycles. The van der Waals surface area contributed by atoms with E-state index in [1.54, 1.807) is 13.4 Å². The maximum atomic E-state index is 9.53. The van der Waals surface area contributed by atoms with E-state index >= 15 is 0 Å². The largest absolute Gasteiger partial charge is 0.497 e. The number of methoxy groups -OCH3 is 1. The molecule has 3 aromatic rings. The number of nitrogens with zero attached hydrogens (tertiary/aromatic N) is 5. The van der Waals surface area contributed by atoms with Crippen molar-refractivity contribution in [1.29, 1.82) is 0 Å². The molecule has 0 aliphatic carbocycles. The van der Waals surface area contributed by atoms with Crippen LogP contribution in [-0.4, -0.2) is 51.2 Å². The van der Waals surface area contributed by atoms with Crippen LogP contribution in [0.5, 0.6) is 5.75 Å². The average Bonchev–Trinajstić information content (AvgIpc) is 3.42. The Kier molecular flexibility index (Phi) is 5.38. The van der Waals surface area contributed by atoms with Gasteiger partial charge in [0.1, 0.15) is 23.7 Å². The van der Waals surface area contributed by atoms with E-state index in [9.17, 15) is 5.11 Å². The molecule has 1 aliphatic heterocycles. The minimum Gasteiger partial charge on any atom is -0.497 e. The van der Waals surface area contributed by atoms with Crippen molar-refractivity contribution in [1.82, 2.24) is 19.7 Å². The summed E-state index contributed by atoms with van der Waals surface area (Å²) in [6, 6.07) is 11.8. The maximum Gasteiger partial charge on any atom is 0.134 e. The molecule has 1 fully saturated rings. The lowest BCUT2D eigenvalue weighted by atomic mass is 10.2. The van der Waals surface area contributed by atoms with Crippen molar-refractivity contribution >= 4 is 11.6 Å². The van der Waals surface area contributed by atoms with Crippen LogP contribution in [0, 0.1) is 0 Å². The van der Waals surface area contributed by atoms with E-state index in [2.05, 4.69) is 25.3 Å². The van der Waals surface area contributed by atoms with Gasteiger partial charge in [-0.05, 0) is 43.2 Å². The summed E-state index contributed by atoms with van der Waals surface area (Å²) in [6.07, 6.45) is 5.55. The van der Waals surface area contributed by atoms with Crippen molar-refractivity contribution in [3.8, 4) is 11.4 Å². The zero-order valence-electron chi connectivity index (χ0n) is 15.8.